The maximum atomic E-state index is 12.2. The highest BCUT2D eigenvalue weighted by Gasteiger charge is 2.63. The molecule has 1 heterocycles. The van der Waals surface area contributed by atoms with Crippen molar-refractivity contribution < 1.29 is 19.1 Å². The van der Waals surface area contributed by atoms with Crippen LogP contribution in [-0.2, 0) is 19.1 Å². The van der Waals surface area contributed by atoms with Gasteiger partial charge in [-0.1, -0.05) is 39.3 Å². The van der Waals surface area contributed by atoms with Gasteiger partial charge < -0.3 is 9.47 Å². The van der Waals surface area contributed by atoms with E-state index in [1.807, 2.05) is 0 Å². The summed E-state index contributed by atoms with van der Waals surface area (Å²) in [4.78, 5) is 28.8. The van der Waals surface area contributed by atoms with Gasteiger partial charge >= 0.3 is 11.9 Å². The number of allylic oxidation sites excluding steroid dienone is 1. The molecule has 0 radical (unpaired) electrons. The fourth-order valence-electron chi connectivity index (χ4n) is 9.63. The maximum absolute atomic E-state index is 12.2. The molecule has 200 valence electrons. The molecule has 1 aliphatic heterocycles. The van der Waals surface area contributed by atoms with E-state index in [2.05, 4.69) is 33.8 Å². The quantitative estimate of drug-likeness (QED) is 0.326. The predicted octanol–water partition coefficient (Wildman–Crippen LogP) is 6.55. The lowest BCUT2D eigenvalue weighted by molar-refractivity contribution is -0.150. The normalized spacial score (nSPS) is 44.8. The molecule has 36 heavy (non-hydrogen) atoms. The number of hydrogen-bond acceptors (Lipinski definition) is 5. The second-order valence-electron chi connectivity index (χ2n) is 13.5. The molecule has 0 aromatic carbocycles. The molecule has 3 fully saturated rings. The van der Waals surface area contributed by atoms with Crippen LogP contribution in [0.15, 0.2) is 16.6 Å². The van der Waals surface area contributed by atoms with Gasteiger partial charge in [0.25, 0.3) is 0 Å². The third-order valence-corrected chi connectivity index (χ3v) is 11.4. The lowest BCUT2D eigenvalue weighted by Gasteiger charge is -2.58. The summed E-state index contributed by atoms with van der Waals surface area (Å²) in [5.41, 5.74) is 3.25. The summed E-state index contributed by atoms with van der Waals surface area (Å²) in [6.45, 7) is 13.7. The van der Waals surface area contributed by atoms with Crippen molar-refractivity contribution in [2.45, 2.75) is 112 Å². The number of fused-ring (bicyclic) bond motifs is 5. The monoisotopic (exact) mass is 497 g/mol. The number of aliphatic imine (C=N–C) groups is 1. The average Bonchev–Trinajstić information content (AvgIpc) is 3.10. The van der Waals surface area contributed by atoms with Crippen molar-refractivity contribution in [2.75, 3.05) is 6.54 Å². The third kappa shape index (κ3) is 4.36. The van der Waals surface area contributed by atoms with E-state index in [4.69, 9.17) is 14.5 Å². The largest absolute Gasteiger partial charge is 0.462 e. The third-order valence-electron chi connectivity index (χ3n) is 11.4. The molecule has 5 aliphatic rings. The number of carbonyl (C=O) groups excluding carboxylic acids is 2. The van der Waals surface area contributed by atoms with Gasteiger partial charge in [-0.25, -0.2) is 0 Å². The topological polar surface area (TPSA) is 65.0 Å². The zero-order valence-corrected chi connectivity index (χ0v) is 23.3. The minimum Gasteiger partial charge on any atom is -0.462 e. The van der Waals surface area contributed by atoms with E-state index in [1.165, 1.54) is 37.5 Å². The Morgan fingerprint density at radius 3 is 2.47 bits per heavy atom. The molecule has 0 aromatic heterocycles. The van der Waals surface area contributed by atoms with Gasteiger partial charge in [-0.3, -0.25) is 14.6 Å². The molecule has 0 spiro atoms. The number of ether oxygens (including phenoxy) is 2. The van der Waals surface area contributed by atoms with Crippen molar-refractivity contribution in [3.8, 4) is 0 Å². The Labute approximate surface area is 217 Å². The zero-order chi connectivity index (χ0) is 25.8. The molecule has 0 bridgehead atoms. The van der Waals surface area contributed by atoms with Gasteiger partial charge in [0.15, 0.2) is 0 Å². The highest BCUT2D eigenvalue weighted by Crippen LogP contribution is 2.67. The van der Waals surface area contributed by atoms with Crippen molar-refractivity contribution >= 4 is 17.7 Å². The van der Waals surface area contributed by atoms with Crippen molar-refractivity contribution in [1.29, 1.82) is 0 Å². The number of nitrogens with zero attached hydrogens (tertiary/aromatic N) is 1. The summed E-state index contributed by atoms with van der Waals surface area (Å²) in [7, 11) is 0. The van der Waals surface area contributed by atoms with Crippen LogP contribution in [0.2, 0.25) is 0 Å². The maximum Gasteiger partial charge on any atom is 0.302 e. The van der Waals surface area contributed by atoms with E-state index in [1.54, 1.807) is 6.92 Å². The summed E-state index contributed by atoms with van der Waals surface area (Å²) in [6.07, 6.45) is 12.3. The Kier molecular flexibility index (Phi) is 6.91. The van der Waals surface area contributed by atoms with Gasteiger partial charge in [0, 0.05) is 44.4 Å². The minimum atomic E-state index is -0.161. The van der Waals surface area contributed by atoms with E-state index in [0.717, 1.165) is 45.1 Å². The molecule has 0 aromatic rings. The van der Waals surface area contributed by atoms with Crippen molar-refractivity contribution in [2.24, 2.45) is 51.3 Å². The van der Waals surface area contributed by atoms with Crippen LogP contribution in [0.5, 0.6) is 0 Å². The van der Waals surface area contributed by atoms with Crippen LogP contribution < -0.4 is 0 Å². The van der Waals surface area contributed by atoms with E-state index in [9.17, 15) is 9.59 Å². The highest BCUT2D eigenvalue weighted by molar-refractivity contribution is 5.87. The van der Waals surface area contributed by atoms with Crippen LogP contribution in [0.1, 0.15) is 99.3 Å². The molecular formula is C31H47NO4. The average molecular weight is 498 g/mol. The Bertz CT molecular complexity index is 954. The summed E-state index contributed by atoms with van der Waals surface area (Å²) in [6, 6.07) is 0. The molecule has 0 unspecified atom stereocenters. The fraction of sp³-hybridized carbons (Fsp3) is 0.839. The van der Waals surface area contributed by atoms with Gasteiger partial charge in [-0.15, -0.1) is 0 Å². The molecule has 4 aliphatic carbocycles. The van der Waals surface area contributed by atoms with Crippen LogP contribution in [0.3, 0.4) is 0 Å². The zero-order valence-electron chi connectivity index (χ0n) is 23.3. The van der Waals surface area contributed by atoms with Gasteiger partial charge in [0.05, 0.1) is 0 Å². The Balaban J connectivity index is 1.43. The molecule has 10 atom stereocenters. The molecule has 0 N–H and O–H groups in total. The summed E-state index contributed by atoms with van der Waals surface area (Å²) in [5, 5.41) is 0. The highest BCUT2D eigenvalue weighted by atomic mass is 16.5. The van der Waals surface area contributed by atoms with Crippen LogP contribution in [-0.4, -0.2) is 36.4 Å². The molecule has 5 heteroatoms. The molecular weight excluding hydrogens is 450 g/mol. The SMILES string of the molecule is CC(=O)O[C@H]1CC[C@@]2(C)C(=CC[C@H]3[C@@H]4C[C@H](OC(C)=O)[C@H]([C@@H](C)C5=NC[C@H](C)CC5)[C@@]4(C)CC[C@@H]32)C1. The first-order valence-corrected chi connectivity index (χ1v) is 14.6. The first-order chi connectivity index (χ1) is 17.0. The lowest BCUT2D eigenvalue weighted by atomic mass is 9.47. The predicted molar refractivity (Wildman–Crippen MR) is 142 cm³/mol. The Hall–Kier alpha value is -1.65. The minimum absolute atomic E-state index is 0.00816. The van der Waals surface area contributed by atoms with Crippen LogP contribution in [0.25, 0.3) is 0 Å². The Morgan fingerprint density at radius 1 is 1.06 bits per heavy atom. The van der Waals surface area contributed by atoms with Crippen molar-refractivity contribution in [3.63, 3.8) is 0 Å². The second kappa shape index (κ2) is 9.58. The Morgan fingerprint density at radius 2 is 1.81 bits per heavy atom. The molecule has 0 amide bonds. The van der Waals surface area contributed by atoms with Gasteiger partial charge in [-0.2, -0.15) is 0 Å². The van der Waals surface area contributed by atoms with Crippen molar-refractivity contribution in [1.82, 2.24) is 0 Å². The van der Waals surface area contributed by atoms with Crippen LogP contribution >= 0.6 is 0 Å². The molecule has 5 rings (SSSR count). The molecule has 5 nitrogen and oxygen atoms in total. The van der Waals surface area contributed by atoms with Crippen LogP contribution in [0.4, 0.5) is 0 Å². The number of hydrogen-bond donors (Lipinski definition) is 0. The first-order valence-electron chi connectivity index (χ1n) is 14.6. The van der Waals surface area contributed by atoms with E-state index < -0.39 is 0 Å². The molecule has 0 saturated heterocycles. The van der Waals surface area contributed by atoms with E-state index in [0.29, 0.717) is 35.5 Å². The van der Waals surface area contributed by atoms with Crippen LogP contribution in [0, 0.1) is 46.3 Å². The summed E-state index contributed by atoms with van der Waals surface area (Å²) < 4.78 is 11.7. The van der Waals surface area contributed by atoms with Gasteiger partial charge in [-0.05, 0) is 85.9 Å². The van der Waals surface area contributed by atoms with Gasteiger partial charge in [0.2, 0.25) is 0 Å². The smallest absolute Gasteiger partial charge is 0.302 e. The van der Waals surface area contributed by atoms with Crippen molar-refractivity contribution in [3.05, 3.63) is 11.6 Å². The second-order valence-corrected chi connectivity index (χ2v) is 13.5. The number of carbonyl (C=O) groups is 2. The first kappa shape index (κ1) is 26.0. The molecule has 3 saturated carbocycles. The summed E-state index contributed by atoms with van der Waals surface area (Å²) in [5.74, 6) is 2.93. The number of rotatable bonds is 4. The standard InChI is InChI=1S/C31H47NO4/c1-18-7-10-27(32-17-18)19(2)29-28(36-21(4)34)16-26-24-9-8-22-15-23(35-20(3)33)11-13-30(22,5)25(24)12-14-31(26,29)6/h8,18-19,23-26,28-29H,7,9-17H2,1-6H3/t18-,19+,23+,24-,25+,26+,28+,29+,30+,31+/m1/s1. The lowest BCUT2D eigenvalue weighted by Crippen LogP contribution is -2.51. The van der Waals surface area contributed by atoms with E-state index in [-0.39, 0.29) is 35.0 Å². The fourth-order valence-corrected chi connectivity index (χ4v) is 9.63. The summed E-state index contributed by atoms with van der Waals surface area (Å²) >= 11 is 0. The van der Waals surface area contributed by atoms with E-state index >= 15 is 0 Å². The van der Waals surface area contributed by atoms with Gasteiger partial charge in [0.1, 0.15) is 12.2 Å². The number of esters is 2.